The molecule has 1 radical (unpaired) electrons. The molecule has 9 heavy (non-hydrogen) atoms. The summed E-state index contributed by atoms with van der Waals surface area (Å²) < 4.78 is 0. The molecule has 0 aliphatic heterocycles. The van der Waals surface area contributed by atoms with Crippen molar-refractivity contribution in [2.75, 3.05) is 0 Å². The van der Waals surface area contributed by atoms with E-state index in [0.717, 1.165) is 0 Å². The van der Waals surface area contributed by atoms with Crippen molar-refractivity contribution < 1.29 is 14.4 Å². The van der Waals surface area contributed by atoms with Crippen LogP contribution in [0.25, 0.3) is 0 Å². The van der Waals surface area contributed by atoms with Crippen LogP contribution in [0.1, 0.15) is 13.8 Å². The molecule has 1 amide bonds. The predicted molar refractivity (Wildman–Crippen MR) is 31.3 cm³/mol. The molecule has 1 N–H and O–H groups in total. The van der Waals surface area contributed by atoms with Crippen LogP contribution < -0.4 is 5.48 Å². The van der Waals surface area contributed by atoms with E-state index in [0.29, 0.717) is 0 Å². The second kappa shape index (κ2) is 7.10. The zero-order valence-electron chi connectivity index (χ0n) is 5.72. The molecule has 0 fully saturated rings. The minimum Gasteiger partial charge on any atom is -0.341 e. The van der Waals surface area contributed by atoms with Crippen LogP contribution in [-0.2, 0) is 14.4 Å². The van der Waals surface area contributed by atoms with Crippen molar-refractivity contribution in [1.82, 2.24) is 5.48 Å². The SMILES string of the molecule is CC(=O)NOC(C)=O.[Cs]. The van der Waals surface area contributed by atoms with E-state index in [1.54, 1.807) is 0 Å². The summed E-state index contributed by atoms with van der Waals surface area (Å²) in [5.41, 5.74) is 1.86. The molecule has 0 aromatic carbocycles. The van der Waals surface area contributed by atoms with Crippen molar-refractivity contribution in [2.45, 2.75) is 13.8 Å². The van der Waals surface area contributed by atoms with E-state index in [1.165, 1.54) is 13.8 Å². The maximum atomic E-state index is 9.96. The number of hydroxylamine groups is 1. The van der Waals surface area contributed by atoms with Crippen LogP contribution in [0.15, 0.2) is 0 Å². The third kappa shape index (κ3) is 12.2. The Labute approximate surface area is 112 Å². The van der Waals surface area contributed by atoms with Crippen molar-refractivity contribution in [2.24, 2.45) is 0 Å². The summed E-state index contributed by atoms with van der Waals surface area (Å²) in [7, 11) is 0. The third-order valence-corrected chi connectivity index (χ3v) is 0.338. The van der Waals surface area contributed by atoms with E-state index in [1.807, 2.05) is 5.48 Å². The van der Waals surface area contributed by atoms with Gasteiger partial charge in [0, 0.05) is 82.7 Å². The van der Waals surface area contributed by atoms with Gasteiger partial charge < -0.3 is 4.84 Å². The molecule has 0 aliphatic rings. The topological polar surface area (TPSA) is 55.4 Å². The molecule has 0 bridgehead atoms. The number of rotatable bonds is 0. The second-order valence-corrected chi connectivity index (χ2v) is 1.25. The van der Waals surface area contributed by atoms with Gasteiger partial charge >= 0.3 is 5.97 Å². The number of hydrogen-bond donors (Lipinski definition) is 1. The molecule has 0 spiro atoms. The fraction of sp³-hybridized carbons (Fsp3) is 0.500. The first-order chi connectivity index (χ1) is 3.63. The molecule has 0 heterocycles. The standard InChI is InChI=1S/C4H7NO3.Cs/c1-3(6)5-8-4(2)7;/h1-2H3,(H,5,6);. The van der Waals surface area contributed by atoms with Gasteiger partial charge in [-0.3, -0.25) is 9.59 Å². The quantitative estimate of drug-likeness (QED) is 0.574. The van der Waals surface area contributed by atoms with Crippen molar-refractivity contribution >= 4 is 80.8 Å². The molecule has 0 aliphatic carbocycles. The minimum atomic E-state index is -0.528. The van der Waals surface area contributed by atoms with E-state index in [4.69, 9.17) is 0 Å². The monoisotopic (exact) mass is 250 g/mol. The molecule has 0 saturated heterocycles. The molecule has 4 nitrogen and oxygen atoms in total. The Balaban J connectivity index is 0. The van der Waals surface area contributed by atoms with Crippen molar-refractivity contribution in [3.05, 3.63) is 0 Å². The molecule has 0 rings (SSSR count). The van der Waals surface area contributed by atoms with Gasteiger partial charge in [-0.1, -0.05) is 0 Å². The Morgan fingerprint density at radius 1 is 1.33 bits per heavy atom. The van der Waals surface area contributed by atoms with Crippen LogP contribution in [0.2, 0.25) is 0 Å². The fourth-order valence-electron chi connectivity index (χ4n) is 0.144. The van der Waals surface area contributed by atoms with E-state index >= 15 is 0 Å². The molecule has 5 heteroatoms. The van der Waals surface area contributed by atoms with Crippen LogP contribution in [0, 0.1) is 0 Å². The Bertz CT molecular complexity index is 100. The molecule has 47 valence electrons. The summed E-state index contributed by atoms with van der Waals surface area (Å²) in [4.78, 5) is 23.9. The molecule has 0 aromatic heterocycles. The van der Waals surface area contributed by atoms with Gasteiger partial charge in [0.2, 0.25) is 5.91 Å². The second-order valence-electron chi connectivity index (χ2n) is 1.25. The van der Waals surface area contributed by atoms with Crippen molar-refractivity contribution in [3.8, 4) is 0 Å². The van der Waals surface area contributed by atoms with E-state index in [9.17, 15) is 9.59 Å². The number of hydrogen-bond acceptors (Lipinski definition) is 3. The first-order valence-corrected chi connectivity index (χ1v) is 2.07. The number of carbonyl (C=O) groups excluding carboxylic acids is 2. The molecular weight excluding hydrogens is 243 g/mol. The molecule has 0 aromatic rings. The zero-order chi connectivity index (χ0) is 6.57. The zero-order valence-corrected chi connectivity index (χ0v) is 12.0. The van der Waals surface area contributed by atoms with Crippen LogP contribution in [-0.4, -0.2) is 80.8 Å². The van der Waals surface area contributed by atoms with Gasteiger partial charge in [-0.2, -0.15) is 5.48 Å². The largest absolute Gasteiger partial charge is 0.341 e. The Morgan fingerprint density at radius 3 is 1.89 bits per heavy atom. The Morgan fingerprint density at radius 2 is 1.78 bits per heavy atom. The van der Waals surface area contributed by atoms with Crippen LogP contribution in [0.4, 0.5) is 0 Å². The summed E-state index contributed by atoms with van der Waals surface area (Å²) in [6.45, 7) is 2.46. The average molecular weight is 250 g/mol. The van der Waals surface area contributed by atoms with Gasteiger partial charge in [0.25, 0.3) is 0 Å². The number of nitrogens with one attached hydrogen (secondary N) is 1. The summed E-state index contributed by atoms with van der Waals surface area (Å²) in [5.74, 6) is -0.916. The Kier molecular flexibility index (Phi) is 9.98. The summed E-state index contributed by atoms with van der Waals surface area (Å²) in [6.07, 6.45) is 0. The van der Waals surface area contributed by atoms with Gasteiger partial charge in [0.1, 0.15) is 0 Å². The van der Waals surface area contributed by atoms with Crippen LogP contribution >= 0.6 is 0 Å². The van der Waals surface area contributed by atoms with Gasteiger partial charge in [-0.15, -0.1) is 0 Å². The van der Waals surface area contributed by atoms with E-state index < -0.39 is 5.97 Å². The van der Waals surface area contributed by atoms with Crippen molar-refractivity contribution in [1.29, 1.82) is 0 Å². The van der Waals surface area contributed by atoms with E-state index in [-0.39, 0.29) is 74.8 Å². The molecule has 0 atom stereocenters. The summed E-state index contributed by atoms with van der Waals surface area (Å²) in [5, 5.41) is 0. The minimum absolute atomic E-state index is 0. The molecule has 0 saturated carbocycles. The predicted octanol–water partition coefficient (Wildman–Crippen LogP) is -0.780. The van der Waals surface area contributed by atoms with Gasteiger partial charge in [-0.25, -0.2) is 0 Å². The fourth-order valence-corrected chi connectivity index (χ4v) is 0.144. The number of carbonyl (C=O) groups is 2. The maximum Gasteiger partial charge on any atom is 0.329 e. The number of amides is 1. The normalized spacial score (nSPS) is 6.89. The first kappa shape index (κ1) is 12.6. The van der Waals surface area contributed by atoms with Crippen LogP contribution in [0.5, 0.6) is 0 Å². The smallest absolute Gasteiger partial charge is 0.329 e. The first-order valence-electron chi connectivity index (χ1n) is 2.07. The van der Waals surface area contributed by atoms with Gasteiger partial charge in [0.05, 0.1) is 0 Å². The van der Waals surface area contributed by atoms with E-state index in [2.05, 4.69) is 4.84 Å². The molecule has 0 unspecified atom stereocenters. The van der Waals surface area contributed by atoms with Crippen molar-refractivity contribution in [3.63, 3.8) is 0 Å². The maximum absolute atomic E-state index is 9.96. The summed E-state index contributed by atoms with van der Waals surface area (Å²) >= 11 is 0. The Hall–Kier alpha value is 0.992. The van der Waals surface area contributed by atoms with Gasteiger partial charge in [0.15, 0.2) is 0 Å². The van der Waals surface area contributed by atoms with Gasteiger partial charge in [-0.05, 0) is 0 Å². The molecular formula is C4H7CsNO3. The summed E-state index contributed by atoms with van der Waals surface area (Å²) in [6, 6.07) is 0. The average Bonchev–Trinajstić information content (AvgIpc) is 1.61. The van der Waals surface area contributed by atoms with Crippen LogP contribution in [0.3, 0.4) is 0 Å². The third-order valence-electron chi connectivity index (χ3n) is 0.338.